The van der Waals surface area contributed by atoms with E-state index in [1.807, 2.05) is 0 Å². The molecule has 1 aromatic carbocycles. The second-order valence-electron chi connectivity index (χ2n) is 3.68. The molecule has 0 saturated heterocycles. The van der Waals surface area contributed by atoms with E-state index in [1.165, 1.54) is 6.07 Å². The third-order valence-corrected chi connectivity index (χ3v) is 2.29. The normalized spacial score (nSPS) is 12.5. The average molecular weight is 244 g/mol. The number of alkyl halides is 2. The van der Waals surface area contributed by atoms with E-state index in [-0.39, 0.29) is 0 Å². The molecule has 0 bridgehead atoms. The molecule has 6 heteroatoms. The van der Waals surface area contributed by atoms with Gasteiger partial charge in [-0.2, -0.15) is 0 Å². The number of carbonyl (C=O) groups is 1. The van der Waals surface area contributed by atoms with Crippen LogP contribution in [-0.4, -0.2) is 30.1 Å². The van der Waals surface area contributed by atoms with Crippen molar-refractivity contribution < 1.29 is 18.7 Å². The van der Waals surface area contributed by atoms with Crippen molar-refractivity contribution in [1.29, 1.82) is 0 Å². The highest BCUT2D eigenvalue weighted by molar-refractivity contribution is 5.94. The van der Waals surface area contributed by atoms with E-state index in [0.29, 0.717) is 11.3 Å². The summed E-state index contributed by atoms with van der Waals surface area (Å²) in [6.07, 6.45) is -4.72. The lowest BCUT2D eigenvalue weighted by Gasteiger charge is -2.11. The number of hydrogen-bond donors (Lipinski definition) is 3. The van der Waals surface area contributed by atoms with Gasteiger partial charge < -0.3 is 16.2 Å². The van der Waals surface area contributed by atoms with Gasteiger partial charge in [-0.05, 0) is 30.7 Å². The van der Waals surface area contributed by atoms with Gasteiger partial charge in [0.25, 0.3) is 12.3 Å². The van der Waals surface area contributed by atoms with Crippen LogP contribution in [0.1, 0.15) is 15.9 Å². The molecule has 1 amide bonds. The number of nitrogens with two attached hydrogens (primary N) is 1. The summed E-state index contributed by atoms with van der Waals surface area (Å²) in [7, 11) is 0. The summed E-state index contributed by atoms with van der Waals surface area (Å²) in [6.45, 7) is 1.25. The summed E-state index contributed by atoms with van der Waals surface area (Å²) < 4.78 is 24.0. The Kier molecular flexibility index (Phi) is 4.39. The van der Waals surface area contributed by atoms with E-state index in [4.69, 9.17) is 10.8 Å². The van der Waals surface area contributed by atoms with E-state index < -0.39 is 25.0 Å². The molecule has 1 aromatic rings. The first kappa shape index (κ1) is 13.4. The Morgan fingerprint density at radius 1 is 1.53 bits per heavy atom. The second-order valence-corrected chi connectivity index (χ2v) is 3.68. The van der Waals surface area contributed by atoms with Crippen LogP contribution in [0.2, 0.25) is 0 Å². The number of nitrogen functional groups attached to an aromatic ring is 1. The quantitative estimate of drug-likeness (QED) is 0.690. The van der Waals surface area contributed by atoms with Gasteiger partial charge in [-0.25, -0.2) is 8.78 Å². The molecule has 0 aliphatic rings. The predicted molar refractivity (Wildman–Crippen MR) is 59.9 cm³/mol. The Labute approximate surface area is 97.4 Å². The summed E-state index contributed by atoms with van der Waals surface area (Å²) in [4.78, 5) is 11.5. The number of anilines is 1. The van der Waals surface area contributed by atoms with Crippen LogP contribution in [0.4, 0.5) is 14.5 Å². The zero-order chi connectivity index (χ0) is 13.0. The number of rotatable bonds is 4. The number of halogens is 2. The van der Waals surface area contributed by atoms with Gasteiger partial charge in [-0.1, -0.05) is 0 Å². The molecule has 0 radical (unpaired) electrons. The first-order valence-electron chi connectivity index (χ1n) is 5.02. The van der Waals surface area contributed by atoms with Crippen molar-refractivity contribution in [3.63, 3.8) is 0 Å². The molecule has 17 heavy (non-hydrogen) atoms. The maximum absolute atomic E-state index is 12.0. The van der Waals surface area contributed by atoms with E-state index >= 15 is 0 Å². The van der Waals surface area contributed by atoms with Crippen LogP contribution in [0.3, 0.4) is 0 Å². The molecule has 0 spiro atoms. The van der Waals surface area contributed by atoms with Crippen LogP contribution in [0.25, 0.3) is 0 Å². The number of nitrogens with one attached hydrogen (secondary N) is 1. The van der Waals surface area contributed by atoms with Gasteiger partial charge in [0.2, 0.25) is 0 Å². The Balaban J connectivity index is 2.61. The summed E-state index contributed by atoms with van der Waals surface area (Å²) in [6, 6.07) is 4.61. The molecule has 1 atom stereocenters. The first-order valence-corrected chi connectivity index (χ1v) is 5.02. The van der Waals surface area contributed by atoms with Crippen LogP contribution >= 0.6 is 0 Å². The van der Waals surface area contributed by atoms with Crippen molar-refractivity contribution >= 4 is 11.6 Å². The smallest absolute Gasteiger partial charge is 0.265 e. The lowest BCUT2D eigenvalue weighted by Crippen LogP contribution is -2.35. The third kappa shape index (κ3) is 3.67. The molecule has 1 rings (SSSR count). The third-order valence-electron chi connectivity index (χ3n) is 2.29. The molecule has 1 unspecified atom stereocenters. The molecule has 0 aliphatic heterocycles. The minimum atomic E-state index is -2.87. The molecule has 0 saturated carbocycles. The van der Waals surface area contributed by atoms with Gasteiger partial charge in [0.15, 0.2) is 0 Å². The topological polar surface area (TPSA) is 75.3 Å². The number of hydrogen-bond acceptors (Lipinski definition) is 3. The van der Waals surface area contributed by atoms with Crippen molar-refractivity contribution in [1.82, 2.24) is 5.32 Å². The fourth-order valence-electron chi connectivity index (χ4n) is 1.21. The zero-order valence-electron chi connectivity index (χ0n) is 9.28. The highest BCUT2D eigenvalue weighted by atomic mass is 19.3. The van der Waals surface area contributed by atoms with Gasteiger partial charge in [-0.15, -0.1) is 0 Å². The van der Waals surface area contributed by atoms with Gasteiger partial charge in [0.1, 0.15) is 6.10 Å². The van der Waals surface area contributed by atoms with Crippen molar-refractivity contribution in [3.05, 3.63) is 29.3 Å². The number of aryl methyl sites for hydroxylation is 1. The highest BCUT2D eigenvalue weighted by Crippen LogP contribution is 2.12. The highest BCUT2D eigenvalue weighted by Gasteiger charge is 2.17. The SMILES string of the molecule is Cc1cc(C(=O)NCC(O)C(F)F)ccc1N. The van der Waals surface area contributed by atoms with Crippen LogP contribution in [0.5, 0.6) is 0 Å². The van der Waals surface area contributed by atoms with E-state index in [1.54, 1.807) is 19.1 Å². The zero-order valence-corrected chi connectivity index (χ0v) is 9.28. The van der Waals surface area contributed by atoms with Gasteiger partial charge >= 0.3 is 0 Å². The molecular weight excluding hydrogens is 230 g/mol. The number of carbonyl (C=O) groups excluding carboxylic acids is 1. The van der Waals surface area contributed by atoms with Gasteiger partial charge in [0.05, 0.1) is 0 Å². The van der Waals surface area contributed by atoms with E-state index in [0.717, 1.165) is 5.56 Å². The fourth-order valence-corrected chi connectivity index (χ4v) is 1.21. The van der Waals surface area contributed by atoms with Crippen molar-refractivity contribution in [3.8, 4) is 0 Å². The molecule has 4 nitrogen and oxygen atoms in total. The monoisotopic (exact) mass is 244 g/mol. The number of aliphatic hydroxyl groups excluding tert-OH is 1. The Bertz CT molecular complexity index is 410. The van der Waals surface area contributed by atoms with Gasteiger partial charge in [0, 0.05) is 17.8 Å². The lowest BCUT2D eigenvalue weighted by atomic mass is 10.1. The molecule has 0 fully saturated rings. The Morgan fingerprint density at radius 3 is 2.71 bits per heavy atom. The first-order chi connectivity index (χ1) is 7.91. The largest absolute Gasteiger partial charge is 0.399 e. The van der Waals surface area contributed by atoms with Crippen LogP contribution in [0, 0.1) is 6.92 Å². The molecule has 0 heterocycles. The minimum absolute atomic E-state index is 0.318. The maximum Gasteiger partial charge on any atom is 0.265 e. The van der Waals surface area contributed by atoms with Crippen LogP contribution in [0.15, 0.2) is 18.2 Å². The Morgan fingerprint density at radius 2 is 2.18 bits per heavy atom. The Hall–Kier alpha value is -1.69. The number of benzene rings is 1. The predicted octanol–water partition coefficient (Wildman–Crippen LogP) is 0.933. The maximum atomic E-state index is 12.0. The molecule has 0 aliphatic carbocycles. The van der Waals surface area contributed by atoms with Crippen molar-refractivity contribution in [2.75, 3.05) is 12.3 Å². The summed E-state index contributed by atoms with van der Waals surface area (Å²) >= 11 is 0. The summed E-state index contributed by atoms with van der Waals surface area (Å²) in [5.74, 6) is -0.521. The lowest BCUT2D eigenvalue weighted by molar-refractivity contribution is -0.00270. The molecule has 94 valence electrons. The number of amides is 1. The number of aliphatic hydroxyl groups is 1. The minimum Gasteiger partial charge on any atom is -0.399 e. The van der Waals surface area contributed by atoms with Gasteiger partial charge in [-0.3, -0.25) is 4.79 Å². The molecule has 0 aromatic heterocycles. The van der Waals surface area contributed by atoms with Crippen molar-refractivity contribution in [2.24, 2.45) is 0 Å². The molecule has 4 N–H and O–H groups in total. The molecular formula is C11H14F2N2O2. The van der Waals surface area contributed by atoms with Crippen molar-refractivity contribution in [2.45, 2.75) is 19.5 Å². The van der Waals surface area contributed by atoms with Crippen LogP contribution < -0.4 is 11.1 Å². The van der Waals surface area contributed by atoms with Crippen LogP contribution in [-0.2, 0) is 0 Å². The van der Waals surface area contributed by atoms with E-state index in [2.05, 4.69) is 5.32 Å². The van der Waals surface area contributed by atoms with E-state index in [9.17, 15) is 13.6 Å². The second kappa shape index (κ2) is 5.58. The standard InChI is InChI=1S/C11H14F2N2O2/c1-6-4-7(2-3-8(6)14)11(17)15-5-9(16)10(12)13/h2-4,9-10,16H,5,14H2,1H3,(H,15,17). The summed E-state index contributed by atoms with van der Waals surface area (Å²) in [5, 5.41) is 11.1. The fraction of sp³-hybridized carbons (Fsp3) is 0.364. The average Bonchev–Trinajstić information content (AvgIpc) is 2.28. The summed E-state index contributed by atoms with van der Waals surface area (Å²) in [5.41, 5.74) is 7.18.